The van der Waals surface area contributed by atoms with Gasteiger partial charge < -0.3 is 15.1 Å². The van der Waals surface area contributed by atoms with Crippen molar-refractivity contribution < 1.29 is 9.59 Å². The molecule has 6 nitrogen and oxygen atoms in total. The number of nitrogens with zero attached hydrogens (tertiary/aromatic N) is 3. The van der Waals surface area contributed by atoms with Crippen molar-refractivity contribution >= 4 is 50.4 Å². The van der Waals surface area contributed by atoms with Crippen LogP contribution in [0, 0.1) is 12.8 Å². The number of fused-ring (bicyclic) bond motifs is 1. The molecule has 36 heavy (non-hydrogen) atoms. The Morgan fingerprint density at radius 2 is 1.69 bits per heavy atom. The molecule has 2 saturated heterocycles. The van der Waals surface area contributed by atoms with Crippen molar-refractivity contribution in [1.82, 2.24) is 4.98 Å². The summed E-state index contributed by atoms with van der Waals surface area (Å²) in [5.74, 6) is -0.504. The van der Waals surface area contributed by atoms with Gasteiger partial charge in [-0.25, -0.2) is 4.98 Å². The van der Waals surface area contributed by atoms with Crippen LogP contribution < -0.4 is 15.1 Å². The number of nitrogens with one attached hydrogen (secondary N) is 1. The number of carbonyl (C=O) groups is 2. The fourth-order valence-corrected chi connectivity index (χ4v) is 6.12. The second-order valence-electron chi connectivity index (χ2n) is 9.67. The zero-order chi connectivity index (χ0) is 24.6. The maximum atomic E-state index is 13.0. The van der Waals surface area contributed by atoms with E-state index in [4.69, 9.17) is 4.98 Å². The number of thiazole rings is 1. The van der Waals surface area contributed by atoms with Gasteiger partial charge in [-0.15, -0.1) is 11.3 Å². The van der Waals surface area contributed by atoms with Crippen LogP contribution in [0.15, 0.2) is 66.7 Å². The molecule has 0 spiro atoms. The molecule has 0 radical (unpaired) electrons. The van der Waals surface area contributed by atoms with E-state index in [0.29, 0.717) is 6.54 Å². The molecule has 182 valence electrons. The van der Waals surface area contributed by atoms with Gasteiger partial charge in [0, 0.05) is 48.7 Å². The second kappa shape index (κ2) is 9.39. The van der Waals surface area contributed by atoms with E-state index >= 15 is 0 Å². The summed E-state index contributed by atoms with van der Waals surface area (Å²) in [5.41, 5.74) is 6.01. The van der Waals surface area contributed by atoms with Crippen LogP contribution in [-0.4, -0.2) is 36.4 Å². The quantitative estimate of drug-likeness (QED) is 0.376. The minimum Gasteiger partial charge on any atom is -0.372 e. The number of aromatic nitrogens is 1. The summed E-state index contributed by atoms with van der Waals surface area (Å²) >= 11 is 1.67. The third-order valence-corrected chi connectivity index (χ3v) is 8.14. The number of benzene rings is 3. The summed E-state index contributed by atoms with van der Waals surface area (Å²) in [6.07, 6.45) is 2.68. The van der Waals surface area contributed by atoms with Gasteiger partial charge in [0.25, 0.3) is 0 Å². The van der Waals surface area contributed by atoms with Crippen LogP contribution in [0.4, 0.5) is 17.1 Å². The molecule has 2 aliphatic heterocycles. The van der Waals surface area contributed by atoms with Crippen molar-refractivity contribution in [2.24, 2.45) is 5.92 Å². The Balaban J connectivity index is 1.10. The smallest absolute Gasteiger partial charge is 0.229 e. The fraction of sp³-hybridized carbons (Fsp3) is 0.276. The summed E-state index contributed by atoms with van der Waals surface area (Å²) in [7, 11) is 0. The molecule has 6 rings (SSSR count). The Hall–Kier alpha value is -3.71. The molecule has 3 aromatic carbocycles. The predicted octanol–water partition coefficient (Wildman–Crippen LogP) is 5.86. The van der Waals surface area contributed by atoms with Gasteiger partial charge in [0.2, 0.25) is 11.8 Å². The Bertz CT molecular complexity index is 1420. The SMILES string of the molecule is Cc1ccc2nc(-c3ccc(NC(=O)C4CC(=O)N(c5ccc(N6CCCC6)cc5)C4)cc3)sc2c1. The average Bonchev–Trinajstić information content (AvgIpc) is 3.64. The van der Waals surface area contributed by atoms with Gasteiger partial charge in [0.1, 0.15) is 5.01 Å². The summed E-state index contributed by atoms with van der Waals surface area (Å²) in [6.45, 7) is 4.66. The lowest BCUT2D eigenvalue weighted by Gasteiger charge is -2.20. The number of carbonyl (C=O) groups excluding carboxylic acids is 2. The molecule has 7 heteroatoms. The van der Waals surface area contributed by atoms with Crippen molar-refractivity contribution in [2.45, 2.75) is 26.2 Å². The van der Waals surface area contributed by atoms with E-state index in [1.54, 1.807) is 16.2 Å². The maximum absolute atomic E-state index is 13.0. The predicted molar refractivity (Wildman–Crippen MR) is 147 cm³/mol. The summed E-state index contributed by atoms with van der Waals surface area (Å²) in [6, 6.07) is 22.2. The van der Waals surface area contributed by atoms with E-state index in [0.717, 1.165) is 40.6 Å². The molecule has 3 heterocycles. The Morgan fingerprint density at radius 3 is 2.44 bits per heavy atom. The van der Waals surface area contributed by atoms with Crippen LogP contribution in [0.3, 0.4) is 0 Å². The molecule has 1 aromatic heterocycles. The molecular weight excluding hydrogens is 468 g/mol. The second-order valence-corrected chi connectivity index (χ2v) is 10.7. The van der Waals surface area contributed by atoms with Gasteiger partial charge in [0.05, 0.1) is 16.1 Å². The third-order valence-electron chi connectivity index (χ3n) is 7.07. The first kappa shape index (κ1) is 22.7. The number of amides is 2. The normalized spacial score (nSPS) is 17.8. The number of aryl methyl sites for hydroxylation is 1. The van der Waals surface area contributed by atoms with E-state index in [1.165, 1.54) is 28.8 Å². The van der Waals surface area contributed by atoms with Gasteiger partial charge in [-0.2, -0.15) is 0 Å². The van der Waals surface area contributed by atoms with Crippen molar-refractivity contribution in [1.29, 1.82) is 0 Å². The van der Waals surface area contributed by atoms with Gasteiger partial charge >= 0.3 is 0 Å². The van der Waals surface area contributed by atoms with Crippen LogP contribution in [0.1, 0.15) is 24.8 Å². The monoisotopic (exact) mass is 496 g/mol. The molecule has 0 saturated carbocycles. The first-order chi connectivity index (χ1) is 17.5. The Labute approximate surface area is 214 Å². The van der Waals surface area contributed by atoms with Crippen LogP contribution in [-0.2, 0) is 9.59 Å². The minimum absolute atomic E-state index is 0.00880. The van der Waals surface area contributed by atoms with E-state index in [2.05, 4.69) is 41.4 Å². The lowest BCUT2D eigenvalue weighted by Crippen LogP contribution is -2.28. The Kier molecular flexibility index (Phi) is 5.93. The molecule has 2 amide bonds. The highest BCUT2D eigenvalue weighted by Crippen LogP contribution is 2.32. The highest BCUT2D eigenvalue weighted by molar-refractivity contribution is 7.21. The first-order valence-electron chi connectivity index (χ1n) is 12.5. The lowest BCUT2D eigenvalue weighted by atomic mass is 10.1. The molecule has 1 N–H and O–H groups in total. The molecule has 2 aliphatic rings. The molecule has 1 atom stereocenters. The van der Waals surface area contributed by atoms with Crippen LogP contribution in [0.25, 0.3) is 20.8 Å². The first-order valence-corrected chi connectivity index (χ1v) is 13.3. The summed E-state index contributed by atoms with van der Waals surface area (Å²) in [4.78, 5) is 34.5. The lowest BCUT2D eigenvalue weighted by molar-refractivity contribution is -0.122. The zero-order valence-electron chi connectivity index (χ0n) is 20.2. The fourth-order valence-electron chi connectivity index (χ4n) is 5.05. The standard InChI is InChI=1S/C29H28N4O2S/c1-19-4-13-25-26(16-19)36-29(31-25)20-5-7-22(8-6-20)30-28(35)21-17-27(34)33(18-21)24-11-9-23(10-12-24)32-14-2-3-15-32/h4-13,16,21H,2-3,14-15,17-18H2,1H3,(H,30,35). The zero-order valence-corrected chi connectivity index (χ0v) is 21.1. The van der Waals surface area contributed by atoms with Crippen LogP contribution in [0.5, 0.6) is 0 Å². The number of anilines is 3. The van der Waals surface area contributed by atoms with Crippen LogP contribution >= 0.6 is 11.3 Å². The highest BCUT2D eigenvalue weighted by Gasteiger charge is 2.35. The number of hydrogen-bond acceptors (Lipinski definition) is 5. The minimum atomic E-state index is -0.372. The van der Waals surface area contributed by atoms with Gasteiger partial charge in [-0.05, 0) is 86.0 Å². The van der Waals surface area contributed by atoms with Crippen LogP contribution in [0.2, 0.25) is 0 Å². The van der Waals surface area contributed by atoms with Crippen molar-refractivity contribution in [3.63, 3.8) is 0 Å². The molecular formula is C29H28N4O2S. The van der Waals surface area contributed by atoms with E-state index < -0.39 is 0 Å². The third kappa shape index (κ3) is 4.46. The number of hydrogen-bond donors (Lipinski definition) is 1. The van der Waals surface area contributed by atoms with Gasteiger partial charge in [-0.1, -0.05) is 6.07 Å². The van der Waals surface area contributed by atoms with Gasteiger partial charge in [-0.3, -0.25) is 9.59 Å². The average molecular weight is 497 g/mol. The molecule has 0 aliphatic carbocycles. The topological polar surface area (TPSA) is 65.5 Å². The van der Waals surface area contributed by atoms with Crippen molar-refractivity contribution in [2.75, 3.05) is 34.8 Å². The summed E-state index contributed by atoms with van der Waals surface area (Å²) < 4.78 is 1.17. The molecule has 1 unspecified atom stereocenters. The van der Waals surface area contributed by atoms with Gasteiger partial charge in [0.15, 0.2) is 0 Å². The maximum Gasteiger partial charge on any atom is 0.229 e. The Morgan fingerprint density at radius 1 is 0.972 bits per heavy atom. The summed E-state index contributed by atoms with van der Waals surface area (Å²) in [5, 5.41) is 3.95. The highest BCUT2D eigenvalue weighted by atomic mass is 32.1. The van der Waals surface area contributed by atoms with E-state index in [-0.39, 0.29) is 24.2 Å². The number of rotatable bonds is 5. The molecule has 4 aromatic rings. The largest absolute Gasteiger partial charge is 0.372 e. The van der Waals surface area contributed by atoms with E-state index in [9.17, 15) is 9.59 Å². The van der Waals surface area contributed by atoms with Crippen molar-refractivity contribution in [3.05, 3.63) is 72.3 Å². The molecule has 0 bridgehead atoms. The van der Waals surface area contributed by atoms with Crippen molar-refractivity contribution in [3.8, 4) is 10.6 Å². The molecule has 2 fully saturated rings. The van der Waals surface area contributed by atoms with E-state index in [1.807, 2.05) is 42.5 Å².